The van der Waals surface area contributed by atoms with E-state index >= 15 is 0 Å². The summed E-state index contributed by atoms with van der Waals surface area (Å²) in [6.07, 6.45) is 0.420. The second-order valence-electron chi connectivity index (χ2n) is 5.36. The lowest BCUT2D eigenvalue weighted by Gasteiger charge is -2.13. The van der Waals surface area contributed by atoms with E-state index in [2.05, 4.69) is 6.92 Å². The van der Waals surface area contributed by atoms with Gasteiger partial charge in [-0.1, -0.05) is 13.0 Å². The summed E-state index contributed by atoms with van der Waals surface area (Å²) in [5.41, 5.74) is -0.155. The number of ether oxygens (including phenoxy) is 2. The fraction of sp³-hybridized carbons (Fsp3) is 0.444. The first-order chi connectivity index (χ1) is 12.1. The van der Waals surface area contributed by atoms with Crippen molar-refractivity contribution in [2.45, 2.75) is 26.4 Å². The van der Waals surface area contributed by atoms with E-state index in [1.165, 1.54) is 0 Å². The van der Waals surface area contributed by atoms with E-state index in [1.54, 1.807) is 36.9 Å². The summed E-state index contributed by atoms with van der Waals surface area (Å²) >= 11 is 1.65. The van der Waals surface area contributed by atoms with E-state index in [1.807, 2.05) is 0 Å². The minimum absolute atomic E-state index is 0.0783. The quantitative estimate of drug-likeness (QED) is 0.539. The van der Waals surface area contributed by atoms with Gasteiger partial charge in [-0.25, -0.2) is 4.79 Å². The first-order valence-electron chi connectivity index (χ1n) is 8.19. The molecule has 25 heavy (non-hydrogen) atoms. The molecule has 0 saturated heterocycles. The lowest BCUT2D eigenvalue weighted by Crippen LogP contribution is -2.21. The zero-order valence-corrected chi connectivity index (χ0v) is 15.1. The molecule has 0 aliphatic carbocycles. The average molecular weight is 366 g/mol. The van der Waals surface area contributed by atoms with Gasteiger partial charge in [0.25, 0.3) is 0 Å². The van der Waals surface area contributed by atoms with Crippen LogP contribution in [0.15, 0.2) is 33.5 Å². The number of carbonyl (C=O) groups is 1. The van der Waals surface area contributed by atoms with Gasteiger partial charge in [-0.3, -0.25) is 4.79 Å². The first kappa shape index (κ1) is 19.3. The maximum Gasteiger partial charge on any atom is 0.374 e. The Balaban J connectivity index is 2.18. The van der Waals surface area contributed by atoms with Crippen LogP contribution in [0.2, 0.25) is 0 Å². The van der Waals surface area contributed by atoms with Gasteiger partial charge in [0.1, 0.15) is 23.3 Å². The second-order valence-corrected chi connectivity index (χ2v) is 6.51. The van der Waals surface area contributed by atoms with Gasteiger partial charge in [-0.05, 0) is 31.2 Å². The molecular formula is C18H22O6S. The van der Waals surface area contributed by atoms with Crippen molar-refractivity contribution in [2.24, 2.45) is 0 Å². The highest BCUT2D eigenvalue weighted by atomic mass is 32.2. The Kier molecular flexibility index (Phi) is 7.33. The maximum atomic E-state index is 12.4. The lowest BCUT2D eigenvalue weighted by atomic mass is 10.2. The molecule has 0 amide bonds. The van der Waals surface area contributed by atoms with Crippen LogP contribution < -0.4 is 10.2 Å². The van der Waals surface area contributed by atoms with Crippen LogP contribution in [0.5, 0.6) is 5.75 Å². The Bertz CT molecular complexity index is 770. The van der Waals surface area contributed by atoms with Gasteiger partial charge in [0.15, 0.2) is 5.43 Å². The van der Waals surface area contributed by atoms with Crippen LogP contribution in [0.4, 0.5) is 0 Å². The van der Waals surface area contributed by atoms with Crippen molar-refractivity contribution < 1.29 is 23.8 Å². The third-order valence-corrected chi connectivity index (χ3v) is 4.60. The molecular weight excluding hydrogens is 344 g/mol. The minimum Gasteiger partial charge on any atom is -0.490 e. The van der Waals surface area contributed by atoms with Crippen molar-refractivity contribution in [2.75, 3.05) is 24.7 Å². The number of hydrogen-bond acceptors (Lipinski definition) is 7. The Morgan fingerprint density at radius 3 is 2.88 bits per heavy atom. The number of aliphatic hydroxyl groups is 1. The van der Waals surface area contributed by atoms with E-state index in [0.717, 1.165) is 18.2 Å². The van der Waals surface area contributed by atoms with Gasteiger partial charge < -0.3 is 19.0 Å². The highest BCUT2D eigenvalue weighted by Gasteiger charge is 2.16. The summed E-state index contributed by atoms with van der Waals surface area (Å²) in [7, 11) is 0. The Morgan fingerprint density at radius 2 is 2.16 bits per heavy atom. The summed E-state index contributed by atoms with van der Waals surface area (Å²) in [5, 5.41) is 10.2. The standard InChI is InChI=1S/C18H22O6S/c1-3-8-25-11-12(19)10-23-14-6-5-7-15-17(14)13(20)9-16(24-15)18(21)22-4-2/h5-7,9,12,19H,3-4,8,10-11H2,1-2H3. The molecule has 2 aromatic rings. The third-order valence-electron chi connectivity index (χ3n) is 3.28. The van der Waals surface area contributed by atoms with Crippen molar-refractivity contribution in [3.63, 3.8) is 0 Å². The average Bonchev–Trinajstić information content (AvgIpc) is 2.60. The van der Waals surface area contributed by atoms with Gasteiger partial charge in [0.2, 0.25) is 5.76 Å². The van der Waals surface area contributed by atoms with Gasteiger partial charge >= 0.3 is 5.97 Å². The molecule has 1 atom stereocenters. The van der Waals surface area contributed by atoms with Crippen LogP contribution in [-0.2, 0) is 4.74 Å². The topological polar surface area (TPSA) is 86.0 Å². The zero-order chi connectivity index (χ0) is 18.2. The number of fused-ring (bicyclic) bond motifs is 1. The molecule has 7 heteroatoms. The predicted octanol–water partition coefficient (Wildman–Crippen LogP) is 2.85. The van der Waals surface area contributed by atoms with Gasteiger partial charge in [0.05, 0.1) is 12.7 Å². The Labute approximate surface area is 150 Å². The molecule has 2 rings (SSSR count). The molecule has 1 N–H and O–H groups in total. The van der Waals surface area contributed by atoms with E-state index in [4.69, 9.17) is 13.9 Å². The van der Waals surface area contributed by atoms with Crippen LogP contribution in [0, 0.1) is 0 Å². The van der Waals surface area contributed by atoms with E-state index in [9.17, 15) is 14.7 Å². The smallest absolute Gasteiger partial charge is 0.374 e. The molecule has 0 bridgehead atoms. The molecule has 0 aliphatic rings. The van der Waals surface area contributed by atoms with Crippen molar-refractivity contribution in [3.05, 3.63) is 40.2 Å². The van der Waals surface area contributed by atoms with E-state index in [-0.39, 0.29) is 29.9 Å². The van der Waals surface area contributed by atoms with Gasteiger partial charge in [0, 0.05) is 11.8 Å². The molecule has 1 aromatic heterocycles. The molecule has 6 nitrogen and oxygen atoms in total. The molecule has 0 spiro atoms. The molecule has 1 aromatic carbocycles. The fourth-order valence-corrected chi connectivity index (χ4v) is 3.02. The SMILES string of the molecule is CCCSCC(O)COc1cccc2oc(C(=O)OCC)cc(=O)c12. The van der Waals surface area contributed by atoms with Crippen LogP contribution in [0.1, 0.15) is 30.8 Å². The second kappa shape index (κ2) is 9.48. The number of esters is 1. The summed E-state index contributed by atoms with van der Waals surface area (Å²) < 4.78 is 15.9. The number of aliphatic hydroxyl groups excluding tert-OH is 1. The van der Waals surface area contributed by atoms with Crippen molar-refractivity contribution in [1.29, 1.82) is 0 Å². The molecule has 0 saturated carbocycles. The van der Waals surface area contributed by atoms with Crippen molar-refractivity contribution in [1.82, 2.24) is 0 Å². The van der Waals surface area contributed by atoms with Gasteiger partial charge in [-0.2, -0.15) is 11.8 Å². The summed E-state index contributed by atoms with van der Waals surface area (Å²) in [6, 6.07) is 5.98. The third kappa shape index (κ3) is 5.24. The molecule has 1 unspecified atom stereocenters. The highest BCUT2D eigenvalue weighted by molar-refractivity contribution is 7.99. The fourth-order valence-electron chi connectivity index (χ4n) is 2.20. The minimum atomic E-state index is -0.684. The monoisotopic (exact) mass is 366 g/mol. The highest BCUT2D eigenvalue weighted by Crippen LogP contribution is 2.24. The number of rotatable bonds is 9. The zero-order valence-electron chi connectivity index (χ0n) is 14.3. The van der Waals surface area contributed by atoms with Crippen molar-refractivity contribution in [3.8, 4) is 5.75 Å². The first-order valence-corrected chi connectivity index (χ1v) is 9.34. The maximum absolute atomic E-state index is 12.4. The number of carbonyl (C=O) groups excluding carboxylic acids is 1. The molecule has 0 radical (unpaired) electrons. The molecule has 136 valence electrons. The van der Waals surface area contributed by atoms with E-state index < -0.39 is 17.5 Å². The summed E-state index contributed by atoms with van der Waals surface area (Å²) in [5.74, 6) is 1.04. The molecule has 0 fully saturated rings. The Morgan fingerprint density at radius 1 is 1.36 bits per heavy atom. The summed E-state index contributed by atoms with van der Waals surface area (Å²) in [4.78, 5) is 24.1. The molecule has 0 aliphatic heterocycles. The van der Waals surface area contributed by atoms with Crippen LogP contribution in [0.3, 0.4) is 0 Å². The van der Waals surface area contributed by atoms with Gasteiger partial charge in [-0.15, -0.1) is 0 Å². The Hall–Kier alpha value is -1.99. The largest absolute Gasteiger partial charge is 0.490 e. The number of benzene rings is 1. The van der Waals surface area contributed by atoms with Crippen LogP contribution >= 0.6 is 11.8 Å². The molecule has 1 heterocycles. The lowest BCUT2D eigenvalue weighted by molar-refractivity contribution is 0.0490. The summed E-state index contributed by atoms with van der Waals surface area (Å²) in [6.45, 7) is 4.02. The number of hydrogen-bond donors (Lipinski definition) is 1. The predicted molar refractivity (Wildman–Crippen MR) is 97.6 cm³/mol. The van der Waals surface area contributed by atoms with Crippen LogP contribution in [-0.4, -0.2) is 41.9 Å². The number of thioether (sulfide) groups is 1. The normalized spacial score (nSPS) is 12.1. The van der Waals surface area contributed by atoms with E-state index in [0.29, 0.717) is 11.5 Å². The van der Waals surface area contributed by atoms with Crippen molar-refractivity contribution >= 4 is 28.7 Å². The van der Waals surface area contributed by atoms with Crippen LogP contribution in [0.25, 0.3) is 11.0 Å².